The van der Waals surface area contributed by atoms with Gasteiger partial charge >= 0.3 is 0 Å². The molecule has 1 atom stereocenters. The number of aliphatic hydroxyl groups excluding tert-OH is 1. The largest absolute Gasteiger partial charge is 0.396 e. The maximum Gasteiger partial charge on any atom is 0.292 e. The molecule has 1 rings (SSSR count). The van der Waals surface area contributed by atoms with E-state index < -0.39 is 0 Å². The van der Waals surface area contributed by atoms with E-state index in [9.17, 15) is 4.79 Å². The number of nitrogens with zero attached hydrogens (tertiary/aromatic N) is 2. The molecule has 0 amide bonds. The summed E-state index contributed by atoms with van der Waals surface area (Å²) in [5.41, 5.74) is -0.230. The number of hydrogen-bond acceptors (Lipinski definition) is 4. The minimum Gasteiger partial charge on any atom is -0.396 e. The summed E-state index contributed by atoms with van der Waals surface area (Å²) in [7, 11) is 0. The first kappa shape index (κ1) is 16.5. The molecule has 0 bridgehead atoms. The van der Waals surface area contributed by atoms with Crippen LogP contribution in [-0.2, 0) is 6.54 Å². The Balaban J connectivity index is 3.16. The lowest BCUT2D eigenvalue weighted by Crippen LogP contribution is -2.38. The van der Waals surface area contributed by atoms with Crippen molar-refractivity contribution < 1.29 is 5.11 Å². The molecule has 0 aliphatic heterocycles. The van der Waals surface area contributed by atoms with Crippen LogP contribution in [0.25, 0.3) is 0 Å². The molecular formula is C14H20ClN3O2. The van der Waals surface area contributed by atoms with Crippen LogP contribution in [0.3, 0.4) is 0 Å². The molecule has 1 aromatic heterocycles. The second-order valence-electron chi connectivity index (χ2n) is 5.61. The zero-order valence-electron chi connectivity index (χ0n) is 12.0. The van der Waals surface area contributed by atoms with Crippen LogP contribution in [0.5, 0.6) is 0 Å². The van der Waals surface area contributed by atoms with Crippen molar-refractivity contribution in [3.63, 3.8) is 0 Å². The Morgan fingerprint density at radius 3 is 2.75 bits per heavy atom. The summed E-state index contributed by atoms with van der Waals surface area (Å²) in [5.74, 6) is 2.37. The Morgan fingerprint density at radius 1 is 1.60 bits per heavy atom. The third-order valence-corrected chi connectivity index (χ3v) is 3.31. The summed E-state index contributed by atoms with van der Waals surface area (Å²) >= 11 is 6.04. The fourth-order valence-corrected chi connectivity index (χ4v) is 2.00. The van der Waals surface area contributed by atoms with Crippen LogP contribution >= 0.6 is 11.6 Å². The van der Waals surface area contributed by atoms with E-state index in [-0.39, 0.29) is 40.9 Å². The third kappa shape index (κ3) is 3.99. The highest BCUT2D eigenvalue weighted by Gasteiger charge is 2.26. The van der Waals surface area contributed by atoms with Crippen molar-refractivity contribution in [1.29, 1.82) is 0 Å². The molecule has 1 unspecified atom stereocenters. The molecule has 0 radical (unpaired) electrons. The SMILES string of the molecule is C#CCn1ncc(Cl)c(NC(CCO)C(C)(C)C)c1=O. The van der Waals surface area contributed by atoms with Crippen LogP contribution in [0.15, 0.2) is 11.0 Å². The zero-order chi connectivity index (χ0) is 15.3. The molecule has 6 heteroatoms. The minimum atomic E-state index is -0.359. The van der Waals surface area contributed by atoms with Crippen molar-refractivity contribution >= 4 is 17.3 Å². The van der Waals surface area contributed by atoms with Gasteiger partial charge in [-0.3, -0.25) is 4.79 Å². The molecule has 110 valence electrons. The van der Waals surface area contributed by atoms with Crippen molar-refractivity contribution in [2.45, 2.75) is 39.8 Å². The zero-order valence-corrected chi connectivity index (χ0v) is 12.7. The Hall–Kier alpha value is -1.51. The number of anilines is 1. The quantitative estimate of drug-likeness (QED) is 0.813. The number of nitrogens with one attached hydrogen (secondary N) is 1. The maximum absolute atomic E-state index is 12.2. The number of aliphatic hydroxyl groups is 1. The van der Waals surface area contributed by atoms with E-state index in [1.807, 2.05) is 20.8 Å². The summed E-state index contributed by atoms with van der Waals surface area (Å²) in [4.78, 5) is 12.2. The highest BCUT2D eigenvalue weighted by molar-refractivity contribution is 6.33. The first-order chi connectivity index (χ1) is 9.31. The molecule has 0 saturated carbocycles. The Morgan fingerprint density at radius 2 is 2.25 bits per heavy atom. The normalized spacial score (nSPS) is 12.8. The number of aromatic nitrogens is 2. The van der Waals surface area contributed by atoms with E-state index in [1.165, 1.54) is 10.9 Å². The van der Waals surface area contributed by atoms with Crippen LogP contribution < -0.4 is 10.9 Å². The topological polar surface area (TPSA) is 67.2 Å². The fraction of sp³-hybridized carbons (Fsp3) is 0.571. The monoisotopic (exact) mass is 297 g/mol. The van der Waals surface area contributed by atoms with Crippen molar-refractivity contribution in [1.82, 2.24) is 9.78 Å². The fourth-order valence-electron chi connectivity index (χ4n) is 1.82. The lowest BCUT2D eigenvalue weighted by Gasteiger charge is -2.32. The molecule has 2 N–H and O–H groups in total. The van der Waals surface area contributed by atoms with E-state index in [1.54, 1.807) is 0 Å². The molecule has 0 aliphatic rings. The second kappa shape index (κ2) is 6.78. The average molecular weight is 298 g/mol. The highest BCUT2D eigenvalue weighted by atomic mass is 35.5. The number of terminal acetylenes is 1. The van der Waals surface area contributed by atoms with E-state index in [0.29, 0.717) is 6.42 Å². The Labute approximate surface area is 124 Å². The first-order valence-corrected chi connectivity index (χ1v) is 6.75. The summed E-state index contributed by atoms with van der Waals surface area (Å²) in [5, 5.41) is 16.4. The molecule has 0 aromatic carbocycles. The summed E-state index contributed by atoms with van der Waals surface area (Å²) < 4.78 is 1.17. The van der Waals surface area contributed by atoms with Crippen molar-refractivity contribution in [3.05, 3.63) is 21.6 Å². The molecule has 0 aliphatic carbocycles. The van der Waals surface area contributed by atoms with Crippen LogP contribution in [0.1, 0.15) is 27.2 Å². The maximum atomic E-state index is 12.2. The summed E-state index contributed by atoms with van der Waals surface area (Å²) in [6.45, 7) is 6.18. The van der Waals surface area contributed by atoms with Gasteiger partial charge < -0.3 is 10.4 Å². The van der Waals surface area contributed by atoms with Gasteiger partial charge in [0.2, 0.25) is 0 Å². The smallest absolute Gasteiger partial charge is 0.292 e. The minimum absolute atomic E-state index is 0.0240. The number of rotatable bonds is 5. The highest BCUT2D eigenvalue weighted by Crippen LogP contribution is 2.26. The lowest BCUT2D eigenvalue weighted by molar-refractivity contribution is 0.235. The predicted octanol–water partition coefficient (Wildman–Crippen LogP) is 1.74. The van der Waals surface area contributed by atoms with Crippen molar-refractivity contribution in [2.24, 2.45) is 5.41 Å². The van der Waals surface area contributed by atoms with Gasteiger partial charge in [-0.1, -0.05) is 38.3 Å². The van der Waals surface area contributed by atoms with Gasteiger partial charge in [0.15, 0.2) is 0 Å². The van der Waals surface area contributed by atoms with Crippen molar-refractivity contribution in [3.8, 4) is 12.3 Å². The number of halogens is 1. The Bertz CT molecular complexity index is 555. The molecule has 5 nitrogen and oxygen atoms in total. The second-order valence-corrected chi connectivity index (χ2v) is 6.02. The summed E-state index contributed by atoms with van der Waals surface area (Å²) in [6.07, 6.45) is 7.10. The van der Waals surface area contributed by atoms with E-state index >= 15 is 0 Å². The van der Waals surface area contributed by atoms with Gasteiger partial charge in [-0.05, 0) is 11.8 Å². The lowest BCUT2D eigenvalue weighted by atomic mass is 9.85. The molecule has 0 spiro atoms. The van der Waals surface area contributed by atoms with Gasteiger partial charge in [0, 0.05) is 12.6 Å². The van der Waals surface area contributed by atoms with E-state index in [0.717, 1.165) is 0 Å². The van der Waals surface area contributed by atoms with Gasteiger partial charge in [-0.25, -0.2) is 4.68 Å². The molecule has 20 heavy (non-hydrogen) atoms. The van der Waals surface area contributed by atoms with Gasteiger partial charge in [0.05, 0.1) is 11.2 Å². The van der Waals surface area contributed by atoms with E-state index in [2.05, 4.69) is 16.3 Å². The third-order valence-electron chi connectivity index (χ3n) is 3.02. The van der Waals surface area contributed by atoms with Crippen LogP contribution in [0.2, 0.25) is 5.02 Å². The molecule has 0 saturated heterocycles. The molecule has 1 aromatic rings. The van der Waals surface area contributed by atoms with Crippen LogP contribution in [0.4, 0.5) is 5.69 Å². The van der Waals surface area contributed by atoms with Crippen LogP contribution in [-0.4, -0.2) is 27.5 Å². The first-order valence-electron chi connectivity index (χ1n) is 6.37. The summed E-state index contributed by atoms with van der Waals surface area (Å²) in [6, 6.07) is -0.0978. The van der Waals surface area contributed by atoms with Crippen LogP contribution in [0, 0.1) is 17.8 Å². The van der Waals surface area contributed by atoms with Gasteiger partial charge in [-0.15, -0.1) is 6.42 Å². The Kier molecular flexibility index (Phi) is 5.61. The molecule has 1 heterocycles. The van der Waals surface area contributed by atoms with Gasteiger partial charge in [0.1, 0.15) is 12.2 Å². The molecular weight excluding hydrogens is 278 g/mol. The van der Waals surface area contributed by atoms with Crippen molar-refractivity contribution in [2.75, 3.05) is 11.9 Å². The number of hydrogen-bond donors (Lipinski definition) is 2. The average Bonchev–Trinajstić information content (AvgIpc) is 2.35. The van der Waals surface area contributed by atoms with Gasteiger partial charge in [-0.2, -0.15) is 5.10 Å². The standard InChI is InChI=1S/C14H20ClN3O2/c1-5-7-18-13(20)12(10(15)9-16-18)17-11(6-8-19)14(2,3)4/h1,9,11,17,19H,6-8H2,2-4H3. The predicted molar refractivity (Wildman–Crippen MR) is 80.9 cm³/mol. The van der Waals surface area contributed by atoms with E-state index in [4.69, 9.17) is 23.1 Å². The molecule has 0 fully saturated rings. The van der Waals surface area contributed by atoms with Gasteiger partial charge in [0.25, 0.3) is 5.56 Å².